The number of aryl methyl sites for hydroxylation is 4. The van der Waals surface area contributed by atoms with Crippen LogP contribution in [0.25, 0.3) is 0 Å². The summed E-state index contributed by atoms with van der Waals surface area (Å²) in [5, 5.41) is 0. The van der Waals surface area contributed by atoms with Gasteiger partial charge in [0.05, 0.1) is 0 Å². The molecule has 92 valence electrons. The molecule has 0 nitrogen and oxygen atoms in total. The third-order valence-electron chi connectivity index (χ3n) is 2.13. The van der Waals surface area contributed by atoms with E-state index in [4.69, 9.17) is 17.0 Å². The van der Waals surface area contributed by atoms with Crippen LogP contribution in [0.1, 0.15) is 22.3 Å². The molecule has 0 bridgehead atoms. The average Bonchev–Trinajstić information content (AvgIpc) is 2.78. The maximum atomic E-state index is 4.93. The van der Waals surface area contributed by atoms with Crippen LogP contribution < -0.4 is 0 Å². The zero-order chi connectivity index (χ0) is 13.3. The van der Waals surface area contributed by atoms with Crippen molar-refractivity contribution in [3.63, 3.8) is 0 Å². The van der Waals surface area contributed by atoms with Crippen LogP contribution in [0.5, 0.6) is 0 Å². The van der Waals surface area contributed by atoms with E-state index in [1.807, 2.05) is 0 Å². The summed E-state index contributed by atoms with van der Waals surface area (Å²) >= 11 is -0.826. The van der Waals surface area contributed by atoms with Crippen LogP contribution in [0.15, 0.2) is 36.4 Å². The van der Waals surface area contributed by atoms with Gasteiger partial charge in [0.1, 0.15) is 0 Å². The van der Waals surface area contributed by atoms with Crippen molar-refractivity contribution in [1.82, 2.24) is 0 Å². The third-order valence-corrected chi connectivity index (χ3v) is 2.13. The Hall–Kier alpha value is 0.163. The van der Waals surface area contributed by atoms with E-state index in [0.717, 1.165) is 0 Å². The van der Waals surface area contributed by atoms with Crippen LogP contribution in [-0.4, -0.2) is 0 Å². The minimum absolute atomic E-state index is 0.826. The van der Waals surface area contributed by atoms with Crippen LogP contribution in [0.4, 0.5) is 0 Å². The minimum atomic E-state index is -0.826. The Morgan fingerprint density at radius 2 is 1.18 bits per heavy atom. The Morgan fingerprint density at radius 1 is 0.882 bits per heavy atom. The van der Waals surface area contributed by atoms with E-state index in [2.05, 4.69) is 64.1 Å². The second-order valence-electron chi connectivity index (χ2n) is 4.00. The van der Waals surface area contributed by atoms with Crippen LogP contribution in [0.2, 0.25) is 0 Å². The molecule has 0 N–H and O–H groups in total. The molecule has 0 atom stereocenters. The molecule has 17 heavy (non-hydrogen) atoms. The Morgan fingerprint density at radius 3 is 1.24 bits per heavy atom. The molecule has 0 radical (unpaired) electrons. The van der Waals surface area contributed by atoms with Crippen LogP contribution >= 0.6 is 17.0 Å². The molecule has 0 heterocycles. The molecule has 0 amide bonds. The van der Waals surface area contributed by atoms with Crippen molar-refractivity contribution < 1.29 is 20.8 Å². The quantitative estimate of drug-likeness (QED) is 0.558. The van der Waals surface area contributed by atoms with Gasteiger partial charge in [-0.05, 0) is 0 Å². The molecular weight excluding hydrogens is 330 g/mol. The second kappa shape index (κ2) is 10.1. The standard InChI is InChI=1S/2C7H9.2ClH.Zr/c2*1-6-3-4-7(2)5-6;;;/h2*3-5H,1-2H3;2*1H;/q2*-1;;;+4/p-2. The van der Waals surface area contributed by atoms with E-state index in [0.29, 0.717) is 0 Å². The summed E-state index contributed by atoms with van der Waals surface area (Å²) < 4.78 is 0. The van der Waals surface area contributed by atoms with Crippen molar-refractivity contribution >= 4 is 17.0 Å². The van der Waals surface area contributed by atoms with Crippen LogP contribution in [0.3, 0.4) is 0 Å². The molecule has 0 saturated carbocycles. The van der Waals surface area contributed by atoms with Crippen molar-refractivity contribution in [3.8, 4) is 0 Å². The van der Waals surface area contributed by atoms with Gasteiger partial charge >= 0.3 is 37.9 Å². The number of halogens is 2. The summed E-state index contributed by atoms with van der Waals surface area (Å²) in [6.07, 6.45) is 0. The topological polar surface area (TPSA) is 0 Å². The molecule has 0 spiro atoms. The molecule has 2 rings (SSSR count). The van der Waals surface area contributed by atoms with Crippen molar-refractivity contribution in [2.24, 2.45) is 0 Å². The first-order chi connectivity index (χ1) is 7.99. The molecule has 2 aromatic carbocycles. The van der Waals surface area contributed by atoms with E-state index in [-0.39, 0.29) is 0 Å². The van der Waals surface area contributed by atoms with Gasteiger partial charge in [0.25, 0.3) is 0 Å². The van der Waals surface area contributed by atoms with Crippen molar-refractivity contribution in [2.75, 3.05) is 0 Å². The molecule has 0 aromatic heterocycles. The van der Waals surface area contributed by atoms with Crippen LogP contribution in [-0.2, 0) is 20.8 Å². The van der Waals surface area contributed by atoms with Crippen molar-refractivity contribution in [2.45, 2.75) is 27.7 Å². The number of rotatable bonds is 0. The van der Waals surface area contributed by atoms with Gasteiger partial charge in [0.2, 0.25) is 0 Å². The van der Waals surface area contributed by atoms with Crippen LogP contribution in [0, 0.1) is 27.7 Å². The second-order valence-corrected chi connectivity index (χ2v) is 7.73. The van der Waals surface area contributed by atoms with Gasteiger partial charge < -0.3 is 0 Å². The zero-order valence-electron chi connectivity index (χ0n) is 10.7. The molecule has 2 aromatic rings. The number of hydrogen-bond donors (Lipinski definition) is 0. The molecule has 3 heteroatoms. The first-order valence-electron chi connectivity index (χ1n) is 5.35. The average molecular weight is 348 g/mol. The first-order valence-corrected chi connectivity index (χ1v) is 11.7. The Balaban J connectivity index is 0.000000247. The summed E-state index contributed by atoms with van der Waals surface area (Å²) in [5.74, 6) is 0. The molecule has 0 aliphatic rings. The molecule has 0 saturated heterocycles. The van der Waals surface area contributed by atoms with Crippen molar-refractivity contribution in [3.05, 3.63) is 58.7 Å². The van der Waals surface area contributed by atoms with Gasteiger partial charge in [-0.3, -0.25) is 0 Å². The SMILES string of the molecule is Cc1cc[c-](C)c1.Cc1cc[c-](C)c1.[Cl][Zr+2][Cl]. The summed E-state index contributed by atoms with van der Waals surface area (Å²) in [6, 6.07) is 12.8. The summed E-state index contributed by atoms with van der Waals surface area (Å²) in [5.41, 5.74) is 5.44. The molecular formula is C14H18Cl2Zr. The fourth-order valence-corrected chi connectivity index (χ4v) is 1.44. The Kier molecular flexibility index (Phi) is 10.2. The van der Waals surface area contributed by atoms with Gasteiger partial charge in [-0.1, -0.05) is 27.7 Å². The maximum absolute atomic E-state index is 4.93. The van der Waals surface area contributed by atoms with Gasteiger partial charge in [-0.2, -0.15) is 35.4 Å². The van der Waals surface area contributed by atoms with Gasteiger partial charge in [0, 0.05) is 0 Å². The monoisotopic (exact) mass is 346 g/mol. The Labute approximate surface area is 123 Å². The van der Waals surface area contributed by atoms with Gasteiger partial charge in [0.15, 0.2) is 0 Å². The zero-order valence-corrected chi connectivity index (χ0v) is 14.7. The van der Waals surface area contributed by atoms with Gasteiger partial charge in [-0.25, -0.2) is 23.3 Å². The Bertz CT molecular complexity index is 331. The molecule has 0 aliphatic heterocycles. The van der Waals surface area contributed by atoms with E-state index >= 15 is 0 Å². The number of hydrogen-bond acceptors (Lipinski definition) is 0. The summed E-state index contributed by atoms with van der Waals surface area (Å²) in [4.78, 5) is 0. The predicted molar refractivity (Wildman–Crippen MR) is 74.7 cm³/mol. The van der Waals surface area contributed by atoms with Gasteiger partial charge in [-0.15, -0.1) is 0 Å². The van der Waals surface area contributed by atoms with E-state index in [9.17, 15) is 0 Å². The summed E-state index contributed by atoms with van der Waals surface area (Å²) in [6.45, 7) is 8.42. The normalized spacial score (nSPS) is 8.35. The fraction of sp³-hybridized carbons (Fsp3) is 0.286. The molecule has 0 fully saturated rings. The third kappa shape index (κ3) is 9.83. The van der Waals surface area contributed by atoms with E-state index in [1.165, 1.54) is 22.3 Å². The summed E-state index contributed by atoms with van der Waals surface area (Å²) in [7, 11) is 9.87. The molecule has 0 aliphatic carbocycles. The van der Waals surface area contributed by atoms with E-state index in [1.54, 1.807) is 0 Å². The fourth-order valence-electron chi connectivity index (χ4n) is 1.44. The molecule has 0 unspecified atom stereocenters. The van der Waals surface area contributed by atoms with E-state index < -0.39 is 20.8 Å². The predicted octanol–water partition coefficient (Wildman–Crippen LogP) is 5.42. The van der Waals surface area contributed by atoms with Crippen molar-refractivity contribution in [1.29, 1.82) is 0 Å². The first kappa shape index (κ1) is 17.2.